The van der Waals surface area contributed by atoms with Crippen LogP contribution in [0.15, 0.2) is 18.3 Å². The molecule has 0 unspecified atom stereocenters. The van der Waals surface area contributed by atoms with Gasteiger partial charge in [0.15, 0.2) is 0 Å². The van der Waals surface area contributed by atoms with Crippen LogP contribution in [0.5, 0.6) is 0 Å². The van der Waals surface area contributed by atoms with E-state index in [0.29, 0.717) is 18.2 Å². The lowest BCUT2D eigenvalue weighted by molar-refractivity contribution is -0.117. The van der Waals surface area contributed by atoms with Crippen LogP contribution < -0.4 is 10.6 Å². The summed E-state index contributed by atoms with van der Waals surface area (Å²) in [7, 11) is 0. The van der Waals surface area contributed by atoms with Crippen molar-refractivity contribution in [1.82, 2.24) is 10.3 Å². The maximum atomic E-state index is 11.8. The standard InChI is InChI=1S/C13H19N3O/c1-10-2-3-12(15-9-10)16-13(17)8-11-4-6-14-7-5-11/h2-3,9,11,14H,4-8H2,1H3,(H,15,16,17). The highest BCUT2D eigenvalue weighted by molar-refractivity contribution is 5.89. The van der Waals surface area contributed by atoms with E-state index >= 15 is 0 Å². The van der Waals surface area contributed by atoms with Crippen LogP contribution in [0.4, 0.5) is 5.82 Å². The second-order valence-electron chi connectivity index (χ2n) is 4.67. The van der Waals surface area contributed by atoms with Crippen LogP contribution in [0.2, 0.25) is 0 Å². The van der Waals surface area contributed by atoms with Gasteiger partial charge in [0.1, 0.15) is 5.82 Å². The normalized spacial score (nSPS) is 16.8. The van der Waals surface area contributed by atoms with Gasteiger partial charge in [-0.2, -0.15) is 0 Å². The number of amides is 1. The Morgan fingerprint density at radius 3 is 2.88 bits per heavy atom. The van der Waals surface area contributed by atoms with E-state index in [2.05, 4.69) is 15.6 Å². The number of piperidine rings is 1. The summed E-state index contributed by atoms with van der Waals surface area (Å²) in [6.45, 7) is 4.04. The van der Waals surface area contributed by atoms with E-state index in [4.69, 9.17) is 0 Å². The Bertz CT molecular complexity index is 369. The van der Waals surface area contributed by atoms with Gasteiger partial charge in [-0.15, -0.1) is 0 Å². The third-order valence-electron chi connectivity index (χ3n) is 3.11. The van der Waals surface area contributed by atoms with Gasteiger partial charge in [0.2, 0.25) is 5.91 Å². The van der Waals surface area contributed by atoms with Crippen LogP contribution in [-0.2, 0) is 4.79 Å². The molecule has 4 nitrogen and oxygen atoms in total. The van der Waals surface area contributed by atoms with Gasteiger partial charge in [-0.25, -0.2) is 4.98 Å². The molecule has 0 spiro atoms. The monoisotopic (exact) mass is 233 g/mol. The molecule has 0 atom stereocenters. The maximum Gasteiger partial charge on any atom is 0.225 e. The molecule has 2 heterocycles. The molecule has 2 rings (SSSR count). The van der Waals surface area contributed by atoms with Crippen LogP contribution in [-0.4, -0.2) is 24.0 Å². The zero-order chi connectivity index (χ0) is 12.1. The first-order chi connectivity index (χ1) is 8.24. The third-order valence-corrected chi connectivity index (χ3v) is 3.11. The number of hydrogen-bond acceptors (Lipinski definition) is 3. The Kier molecular flexibility index (Phi) is 4.09. The van der Waals surface area contributed by atoms with Gasteiger partial charge in [0.25, 0.3) is 0 Å². The fourth-order valence-electron chi connectivity index (χ4n) is 2.08. The van der Waals surface area contributed by atoms with E-state index in [0.717, 1.165) is 31.5 Å². The van der Waals surface area contributed by atoms with E-state index < -0.39 is 0 Å². The lowest BCUT2D eigenvalue weighted by Gasteiger charge is -2.21. The topological polar surface area (TPSA) is 54.0 Å². The molecule has 0 aliphatic carbocycles. The minimum absolute atomic E-state index is 0.0771. The van der Waals surface area contributed by atoms with Gasteiger partial charge in [-0.1, -0.05) is 6.07 Å². The molecule has 1 aliphatic rings. The second-order valence-corrected chi connectivity index (χ2v) is 4.67. The maximum absolute atomic E-state index is 11.8. The van der Waals surface area contributed by atoms with Gasteiger partial charge in [0, 0.05) is 12.6 Å². The Morgan fingerprint density at radius 2 is 2.24 bits per heavy atom. The van der Waals surface area contributed by atoms with Gasteiger partial charge >= 0.3 is 0 Å². The van der Waals surface area contributed by atoms with Crippen LogP contribution in [0.25, 0.3) is 0 Å². The third kappa shape index (κ3) is 3.82. The number of rotatable bonds is 3. The van der Waals surface area contributed by atoms with Crippen molar-refractivity contribution in [1.29, 1.82) is 0 Å². The van der Waals surface area contributed by atoms with Crippen molar-refractivity contribution in [3.8, 4) is 0 Å². The highest BCUT2D eigenvalue weighted by Crippen LogP contribution is 2.16. The number of aromatic nitrogens is 1. The quantitative estimate of drug-likeness (QED) is 0.835. The Labute approximate surface area is 102 Å². The first-order valence-corrected chi connectivity index (χ1v) is 6.17. The Balaban J connectivity index is 1.82. The molecule has 1 fully saturated rings. The number of carbonyl (C=O) groups is 1. The number of carbonyl (C=O) groups excluding carboxylic acids is 1. The zero-order valence-electron chi connectivity index (χ0n) is 10.2. The van der Waals surface area contributed by atoms with Crippen molar-refractivity contribution in [2.24, 2.45) is 5.92 Å². The molecule has 1 aromatic heterocycles. The number of anilines is 1. The van der Waals surface area contributed by atoms with Gasteiger partial charge in [-0.05, 0) is 50.4 Å². The number of nitrogens with zero attached hydrogens (tertiary/aromatic N) is 1. The molecular weight excluding hydrogens is 214 g/mol. The smallest absolute Gasteiger partial charge is 0.225 e. The van der Waals surface area contributed by atoms with Crippen LogP contribution in [0, 0.1) is 12.8 Å². The fraction of sp³-hybridized carbons (Fsp3) is 0.538. The fourth-order valence-corrected chi connectivity index (χ4v) is 2.08. The summed E-state index contributed by atoms with van der Waals surface area (Å²) in [5.41, 5.74) is 1.10. The molecule has 1 aromatic rings. The highest BCUT2D eigenvalue weighted by Gasteiger charge is 2.16. The zero-order valence-corrected chi connectivity index (χ0v) is 10.2. The lowest BCUT2D eigenvalue weighted by atomic mass is 9.94. The predicted molar refractivity (Wildman–Crippen MR) is 67.8 cm³/mol. The van der Waals surface area contributed by atoms with Crippen molar-refractivity contribution in [3.63, 3.8) is 0 Å². The number of hydrogen-bond donors (Lipinski definition) is 2. The molecule has 0 saturated carbocycles. The average Bonchev–Trinajstić information content (AvgIpc) is 2.33. The SMILES string of the molecule is Cc1ccc(NC(=O)CC2CCNCC2)nc1. The molecule has 0 aromatic carbocycles. The molecule has 4 heteroatoms. The van der Waals surface area contributed by atoms with Crippen LogP contribution in [0.3, 0.4) is 0 Å². The average molecular weight is 233 g/mol. The summed E-state index contributed by atoms with van der Waals surface area (Å²) < 4.78 is 0. The lowest BCUT2D eigenvalue weighted by Crippen LogP contribution is -2.30. The Morgan fingerprint density at radius 1 is 1.47 bits per heavy atom. The van der Waals surface area contributed by atoms with E-state index in [1.807, 2.05) is 19.1 Å². The molecule has 2 N–H and O–H groups in total. The number of pyridine rings is 1. The molecule has 0 bridgehead atoms. The Hall–Kier alpha value is -1.42. The van der Waals surface area contributed by atoms with Gasteiger partial charge in [-0.3, -0.25) is 4.79 Å². The summed E-state index contributed by atoms with van der Waals surface area (Å²) >= 11 is 0. The minimum atomic E-state index is 0.0771. The molecule has 17 heavy (non-hydrogen) atoms. The van der Waals surface area contributed by atoms with Crippen molar-refractivity contribution in [2.75, 3.05) is 18.4 Å². The molecular formula is C13H19N3O. The molecule has 0 radical (unpaired) electrons. The van der Waals surface area contributed by atoms with E-state index in [1.165, 1.54) is 0 Å². The van der Waals surface area contributed by atoms with Crippen molar-refractivity contribution < 1.29 is 4.79 Å². The molecule has 1 aliphatic heterocycles. The van der Waals surface area contributed by atoms with Crippen molar-refractivity contribution in [3.05, 3.63) is 23.9 Å². The second kappa shape index (κ2) is 5.77. The molecule has 1 saturated heterocycles. The van der Waals surface area contributed by atoms with E-state index in [9.17, 15) is 4.79 Å². The summed E-state index contributed by atoms with van der Waals surface area (Å²) in [4.78, 5) is 16.0. The van der Waals surface area contributed by atoms with E-state index in [-0.39, 0.29) is 5.91 Å². The first-order valence-electron chi connectivity index (χ1n) is 6.17. The highest BCUT2D eigenvalue weighted by atomic mass is 16.1. The van der Waals surface area contributed by atoms with Crippen LogP contribution >= 0.6 is 0 Å². The first kappa shape index (κ1) is 12.0. The molecule has 1 amide bonds. The van der Waals surface area contributed by atoms with Gasteiger partial charge in [0.05, 0.1) is 0 Å². The summed E-state index contributed by atoms with van der Waals surface area (Å²) in [5, 5.41) is 6.15. The minimum Gasteiger partial charge on any atom is -0.317 e. The van der Waals surface area contributed by atoms with Gasteiger partial charge < -0.3 is 10.6 Å². The summed E-state index contributed by atoms with van der Waals surface area (Å²) in [5.74, 6) is 1.24. The molecule has 92 valence electrons. The van der Waals surface area contributed by atoms with Crippen LogP contribution in [0.1, 0.15) is 24.8 Å². The predicted octanol–water partition coefficient (Wildman–Crippen LogP) is 1.72. The van der Waals surface area contributed by atoms with E-state index in [1.54, 1.807) is 6.20 Å². The van der Waals surface area contributed by atoms with Crippen molar-refractivity contribution >= 4 is 11.7 Å². The largest absolute Gasteiger partial charge is 0.317 e. The number of aryl methyl sites for hydroxylation is 1. The van der Waals surface area contributed by atoms with Crippen molar-refractivity contribution in [2.45, 2.75) is 26.2 Å². The number of nitrogens with one attached hydrogen (secondary N) is 2. The summed E-state index contributed by atoms with van der Waals surface area (Å²) in [6.07, 6.45) is 4.56. The summed E-state index contributed by atoms with van der Waals surface area (Å²) in [6, 6.07) is 3.79.